The molecule has 0 saturated heterocycles. The van der Waals surface area contributed by atoms with Crippen LogP contribution in [0.15, 0.2) is 48.8 Å². The predicted molar refractivity (Wildman–Crippen MR) is 66.5 cm³/mol. The summed E-state index contributed by atoms with van der Waals surface area (Å²) in [6.45, 7) is 0. The zero-order chi connectivity index (χ0) is 13.5. The lowest BCUT2D eigenvalue weighted by atomic mass is 10.1. The summed E-state index contributed by atoms with van der Waals surface area (Å²) in [6, 6.07) is 10.0. The molecule has 1 aromatic carbocycles. The summed E-state index contributed by atoms with van der Waals surface area (Å²) >= 11 is 0. The van der Waals surface area contributed by atoms with Crippen molar-refractivity contribution in [3.63, 3.8) is 0 Å². The van der Waals surface area contributed by atoms with Gasteiger partial charge in [-0.05, 0) is 18.2 Å². The third-order valence-electron chi connectivity index (χ3n) is 2.96. The van der Waals surface area contributed by atoms with Crippen LogP contribution in [0.5, 0.6) is 0 Å². The second kappa shape index (κ2) is 4.12. The second-order valence-electron chi connectivity index (χ2n) is 4.18. The van der Waals surface area contributed by atoms with Gasteiger partial charge in [0.05, 0.1) is 11.3 Å². The normalized spacial score (nSPS) is 11.9. The Hall–Kier alpha value is -2.30. The summed E-state index contributed by atoms with van der Waals surface area (Å²) < 4.78 is 37.4. The molecular weight excluding hydrogens is 253 g/mol. The van der Waals surface area contributed by atoms with Gasteiger partial charge >= 0.3 is 6.18 Å². The Morgan fingerprint density at radius 1 is 1.00 bits per heavy atom. The van der Waals surface area contributed by atoms with Crippen LogP contribution in [-0.4, -0.2) is 9.97 Å². The highest BCUT2D eigenvalue weighted by Crippen LogP contribution is 2.31. The lowest BCUT2D eigenvalue weighted by molar-refractivity contribution is -0.137. The van der Waals surface area contributed by atoms with Crippen molar-refractivity contribution in [2.45, 2.75) is 6.18 Å². The first-order valence-corrected chi connectivity index (χ1v) is 5.65. The molecule has 5 heteroatoms. The number of aromatic nitrogens is 2. The molecular formula is C14H9F3N2. The van der Waals surface area contributed by atoms with E-state index < -0.39 is 11.7 Å². The molecule has 0 aliphatic rings. The van der Waals surface area contributed by atoms with Gasteiger partial charge in [0.2, 0.25) is 0 Å². The van der Waals surface area contributed by atoms with Crippen LogP contribution in [0.2, 0.25) is 0 Å². The maximum absolute atomic E-state index is 12.5. The van der Waals surface area contributed by atoms with Gasteiger partial charge in [-0.1, -0.05) is 18.2 Å². The highest BCUT2D eigenvalue weighted by Gasteiger charge is 2.30. The SMILES string of the molecule is FC(F)(F)c1ccc(-c2c[nH]c3ccccc23)nc1. The Labute approximate surface area is 106 Å². The van der Waals surface area contributed by atoms with Crippen molar-refractivity contribution in [1.82, 2.24) is 9.97 Å². The largest absolute Gasteiger partial charge is 0.417 e. The number of H-pyrrole nitrogens is 1. The van der Waals surface area contributed by atoms with Crippen molar-refractivity contribution < 1.29 is 13.2 Å². The molecule has 0 aliphatic carbocycles. The maximum Gasteiger partial charge on any atom is 0.417 e. The van der Waals surface area contributed by atoms with Gasteiger partial charge in [0, 0.05) is 28.9 Å². The minimum atomic E-state index is -4.36. The van der Waals surface area contributed by atoms with E-state index in [-0.39, 0.29) is 0 Å². The Bertz CT molecular complexity index is 711. The van der Waals surface area contributed by atoms with Crippen molar-refractivity contribution in [1.29, 1.82) is 0 Å². The Morgan fingerprint density at radius 2 is 1.79 bits per heavy atom. The molecule has 0 fully saturated rings. The van der Waals surface area contributed by atoms with Crippen LogP contribution in [0, 0.1) is 0 Å². The number of benzene rings is 1. The van der Waals surface area contributed by atoms with Crippen LogP contribution >= 0.6 is 0 Å². The van der Waals surface area contributed by atoms with E-state index in [0.29, 0.717) is 5.69 Å². The van der Waals surface area contributed by atoms with Gasteiger partial charge in [0.25, 0.3) is 0 Å². The smallest absolute Gasteiger partial charge is 0.360 e. The fourth-order valence-electron chi connectivity index (χ4n) is 2.00. The summed E-state index contributed by atoms with van der Waals surface area (Å²) in [6.07, 6.45) is -1.75. The lowest BCUT2D eigenvalue weighted by Gasteiger charge is -2.06. The minimum Gasteiger partial charge on any atom is -0.360 e. The molecule has 96 valence electrons. The Balaban J connectivity index is 2.07. The second-order valence-corrected chi connectivity index (χ2v) is 4.18. The summed E-state index contributed by atoms with van der Waals surface area (Å²) in [5.41, 5.74) is 1.50. The molecule has 0 unspecified atom stereocenters. The van der Waals surface area contributed by atoms with Gasteiger partial charge in [-0.15, -0.1) is 0 Å². The highest BCUT2D eigenvalue weighted by molar-refractivity contribution is 5.94. The Morgan fingerprint density at radius 3 is 2.47 bits per heavy atom. The molecule has 3 rings (SSSR count). The van der Waals surface area contributed by atoms with E-state index in [0.717, 1.165) is 28.7 Å². The topological polar surface area (TPSA) is 28.7 Å². The predicted octanol–water partition coefficient (Wildman–Crippen LogP) is 4.25. The number of para-hydroxylation sites is 1. The first kappa shape index (κ1) is 11.8. The average molecular weight is 262 g/mol. The molecule has 0 saturated carbocycles. The molecule has 2 heterocycles. The van der Waals surface area contributed by atoms with Crippen molar-refractivity contribution in [2.75, 3.05) is 0 Å². The number of hydrogen-bond acceptors (Lipinski definition) is 1. The highest BCUT2D eigenvalue weighted by atomic mass is 19.4. The van der Waals surface area contributed by atoms with E-state index in [2.05, 4.69) is 9.97 Å². The van der Waals surface area contributed by atoms with Crippen molar-refractivity contribution in [2.24, 2.45) is 0 Å². The van der Waals surface area contributed by atoms with E-state index in [1.54, 1.807) is 6.20 Å². The third kappa shape index (κ3) is 2.07. The zero-order valence-electron chi connectivity index (χ0n) is 9.70. The molecule has 19 heavy (non-hydrogen) atoms. The van der Waals surface area contributed by atoms with Crippen LogP contribution in [0.3, 0.4) is 0 Å². The summed E-state index contributed by atoms with van der Waals surface area (Å²) in [7, 11) is 0. The standard InChI is InChI=1S/C14H9F3N2/c15-14(16,17)9-5-6-13(18-7-9)11-8-19-12-4-2-1-3-10(11)12/h1-8,19H. The Kier molecular flexibility index (Phi) is 2.55. The number of alkyl halides is 3. The molecule has 2 aromatic heterocycles. The molecule has 1 N–H and O–H groups in total. The third-order valence-corrected chi connectivity index (χ3v) is 2.96. The van der Waals surface area contributed by atoms with Crippen molar-refractivity contribution >= 4 is 10.9 Å². The van der Waals surface area contributed by atoms with Gasteiger partial charge < -0.3 is 4.98 Å². The average Bonchev–Trinajstić information content (AvgIpc) is 2.82. The quantitative estimate of drug-likeness (QED) is 0.697. The van der Waals surface area contributed by atoms with E-state index in [1.165, 1.54) is 6.07 Å². The maximum atomic E-state index is 12.5. The number of aromatic amines is 1. The molecule has 0 atom stereocenters. The number of rotatable bonds is 1. The summed E-state index contributed by atoms with van der Waals surface area (Å²) in [5, 5.41) is 0.940. The number of pyridine rings is 1. The molecule has 0 spiro atoms. The van der Waals surface area contributed by atoms with Crippen LogP contribution in [0.1, 0.15) is 5.56 Å². The number of nitrogens with one attached hydrogen (secondary N) is 1. The fraction of sp³-hybridized carbons (Fsp3) is 0.0714. The lowest BCUT2D eigenvalue weighted by Crippen LogP contribution is -2.05. The zero-order valence-corrected chi connectivity index (χ0v) is 9.70. The monoisotopic (exact) mass is 262 g/mol. The first-order chi connectivity index (χ1) is 9.05. The van der Waals surface area contributed by atoms with E-state index in [1.807, 2.05) is 24.3 Å². The molecule has 0 bridgehead atoms. The molecule has 0 radical (unpaired) electrons. The van der Waals surface area contributed by atoms with Crippen LogP contribution in [-0.2, 0) is 6.18 Å². The molecule has 2 nitrogen and oxygen atoms in total. The number of hydrogen-bond donors (Lipinski definition) is 1. The van der Waals surface area contributed by atoms with E-state index >= 15 is 0 Å². The first-order valence-electron chi connectivity index (χ1n) is 5.65. The van der Waals surface area contributed by atoms with Gasteiger partial charge in [-0.2, -0.15) is 13.2 Å². The number of nitrogens with zero attached hydrogens (tertiary/aromatic N) is 1. The van der Waals surface area contributed by atoms with Crippen molar-refractivity contribution in [3.05, 3.63) is 54.4 Å². The molecule has 3 aromatic rings. The van der Waals surface area contributed by atoms with Crippen LogP contribution in [0.4, 0.5) is 13.2 Å². The van der Waals surface area contributed by atoms with Gasteiger partial charge in [0.15, 0.2) is 0 Å². The molecule has 0 aliphatic heterocycles. The van der Waals surface area contributed by atoms with Crippen molar-refractivity contribution in [3.8, 4) is 11.3 Å². The number of fused-ring (bicyclic) bond motifs is 1. The summed E-state index contributed by atoms with van der Waals surface area (Å²) in [4.78, 5) is 6.97. The number of halogens is 3. The van der Waals surface area contributed by atoms with E-state index in [4.69, 9.17) is 0 Å². The van der Waals surface area contributed by atoms with Gasteiger partial charge in [0.1, 0.15) is 0 Å². The minimum absolute atomic E-state index is 0.519. The van der Waals surface area contributed by atoms with Crippen LogP contribution < -0.4 is 0 Å². The fourth-order valence-corrected chi connectivity index (χ4v) is 2.00. The van der Waals surface area contributed by atoms with Crippen LogP contribution in [0.25, 0.3) is 22.2 Å². The summed E-state index contributed by atoms with van der Waals surface area (Å²) in [5.74, 6) is 0. The van der Waals surface area contributed by atoms with Gasteiger partial charge in [-0.3, -0.25) is 4.98 Å². The molecule has 0 amide bonds. The van der Waals surface area contributed by atoms with Gasteiger partial charge in [-0.25, -0.2) is 0 Å². The van der Waals surface area contributed by atoms with E-state index in [9.17, 15) is 13.2 Å².